The van der Waals surface area contributed by atoms with Gasteiger partial charge in [0, 0.05) is 5.02 Å². The lowest BCUT2D eigenvalue weighted by Crippen LogP contribution is -2.41. The molecule has 1 rings (SSSR count). The average Bonchev–Trinajstić information content (AvgIpc) is 2.14. The second-order valence-corrected chi connectivity index (χ2v) is 3.73. The largest absolute Gasteiger partial charge is 0.404 e. The first-order valence-corrected chi connectivity index (χ1v) is 4.90. The lowest BCUT2D eigenvalue weighted by Gasteiger charge is -2.20. The highest BCUT2D eigenvalue weighted by atomic mass is 35.5. The fourth-order valence-electron chi connectivity index (χ4n) is 1.29. The Morgan fingerprint density at radius 1 is 1.38 bits per heavy atom. The van der Waals surface area contributed by atoms with E-state index in [2.05, 4.69) is 5.32 Å². The van der Waals surface area contributed by atoms with Crippen molar-refractivity contribution in [2.75, 3.05) is 7.05 Å². The van der Waals surface area contributed by atoms with Crippen molar-refractivity contribution in [2.45, 2.75) is 18.6 Å². The molecule has 0 spiro atoms. The van der Waals surface area contributed by atoms with Crippen molar-refractivity contribution < 1.29 is 17.6 Å². The van der Waals surface area contributed by atoms with Crippen LogP contribution in [0.25, 0.3) is 0 Å². The van der Waals surface area contributed by atoms with Gasteiger partial charge in [-0.2, -0.15) is 13.2 Å². The summed E-state index contributed by atoms with van der Waals surface area (Å²) in [6.45, 7) is 0. The van der Waals surface area contributed by atoms with E-state index in [0.29, 0.717) is 0 Å². The molecule has 0 saturated carbocycles. The molecule has 1 N–H and O–H groups in total. The first-order valence-electron chi connectivity index (χ1n) is 4.52. The molecule has 6 heteroatoms. The molecule has 0 aliphatic rings. The summed E-state index contributed by atoms with van der Waals surface area (Å²) in [5.74, 6) is -0.568. The maximum atomic E-state index is 12.7. The van der Waals surface area contributed by atoms with Gasteiger partial charge in [0.15, 0.2) is 0 Å². The average molecular weight is 256 g/mol. The minimum Gasteiger partial charge on any atom is -0.309 e. The predicted octanol–water partition coefficient (Wildman–Crippen LogP) is 3.17. The van der Waals surface area contributed by atoms with Crippen LogP contribution in [0, 0.1) is 5.82 Å². The standard InChI is InChI=1S/C10H10ClF4N/c1-16-9(10(13,14)15)4-6-2-3-7(12)5-8(6)11/h2-3,5,9,16H,4H2,1H3. The van der Waals surface area contributed by atoms with E-state index in [0.717, 1.165) is 12.1 Å². The van der Waals surface area contributed by atoms with Gasteiger partial charge in [-0.3, -0.25) is 0 Å². The quantitative estimate of drug-likeness (QED) is 0.818. The molecular weight excluding hydrogens is 246 g/mol. The second kappa shape index (κ2) is 5.01. The van der Waals surface area contributed by atoms with E-state index in [-0.39, 0.29) is 17.0 Å². The molecule has 0 aliphatic carbocycles. The van der Waals surface area contributed by atoms with E-state index in [4.69, 9.17) is 11.6 Å². The number of nitrogens with one attached hydrogen (secondary N) is 1. The molecule has 16 heavy (non-hydrogen) atoms. The smallest absolute Gasteiger partial charge is 0.309 e. The van der Waals surface area contributed by atoms with Crippen molar-refractivity contribution in [2.24, 2.45) is 0 Å². The van der Waals surface area contributed by atoms with Gasteiger partial charge in [0.2, 0.25) is 0 Å². The highest BCUT2D eigenvalue weighted by molar-refractivity contribution is 6.31. The minimum atomic E-state index is -4.35. The van der Waals surface area contributed by atoms with Crippen molar-refractivity contribution >= 4 is 11.6 Å². The van der Waals surface area contributed by atoms with Crippen LogP contribution < -0.4 is 5.32 Å². The third kappa shape index (κ3) is 3.35. The monoisotopic (exact) mass is 255 g/mol. The first-order chi connectivity index (χ1) is 7.34. The Balaban J connectivity index is 2.86. The molecule has 1 aromatic carbocycles. The number of rotatable bonds is 3. The Morgan fingerprint density at radius 3 is 2.44 bits per heavy atom. The van der Waals surface area contributed by atoms with Gasteiger partial charge in [0.1, 0.15) is 11.9 Å². The van der Waals surface area contributed by atoms with Crippen LogP contribution in [0.5, 0.6) is 0 Å². The molecule has 0 aliphatic heterocycles. The fraction of sp³-hybridized carbons (Fsp3) is 0.400. The maximum absolute atomic E-state index is 12.7. The SMILES string of the molecule is CNC(Cc1ccc(F)cc1Cl)C(F)(F)F. The molecule has 90 valence electrons. The van der Waals surface area contributed by atoms with E-state index in [1.165, 1.54) is 13.1 Å². The van der Waals surface area contributed by atoms with Gasteiger partial charge in [-0.25, -0.2) is 4.39 Å². The molecule has 0 bridgehead atoms. The molecule has 0 heterocycles. The number of alkyl halides is 3. The molecular formula is C10H10ClF4N. The van der Waals surface area contributed by atoms with Crippen molar-refractivity contribution in [3.8, 4) is 0 Å². The second-order valence-electron chi connectivity index (χ2n) is 3.32. The van der Waals surface area contributed by atoms with Crippen LogP contribution in [0.15, 0.2) is 18.2 Å². The van der Waals surface area contributed by atoms with E-state index in [9.17, 15) is 17.6 Å². The van der Waals surface area contributed by atoms with Gasteiger partial charge >= 0.3 is 6.18 Å². The van der Waals surface area contributed by atoms with Crippen molar-refractivity contribution in [3.63, 3.8) is 0 Å². The topological polar surface area (TPSA) is 12.0 Å². The van der Waals surface area contributed by atoms with Crippen LogP contribution in [0.2, 0.25) is 5.02 Å². The van der Waals surface area contributed by atoms with Crippen LogP contribution in [-0.2, 0) is 6.42 Å². The molecule has 0 aromatic heterocycles. The Labute approximate surface area is 95.4 Å². The number of halogens is 5. The summed E-state index contributed by atoms with van der Waals surface area (Å²) < 4.78 is 50.0. The molecule has 0 fully saturated rings. The summed E-state index contributed by atoms with van der Waals surface area (Å²) in [6.07, 6.45) is -4.68. The third-order valence-corrected chi connectivity index (χ3v) is 2.53. The van der Waals surface area contributed by atoms with E-state index in [1.54, 1.807) is 0 Å². The van der Waals surface area contributed by atoms with Gasteiger partial charge < -0.3 is 5.32 Å². The van der Waals surface area contributed by atoms with Crippen LogP contribution in [0.4, 0.5) is 17.6 Å². The summed E-state index contributed by atoms with van der Waals surface area (Å²) in [5, 5.41) is 2.16. The number of hydrogen-bond acceptors (Lipinski definition) is 1. The zero-order valence-corrected chi connectivity index (χ0v) is 9.16. The lowest BCUT2D eigenvalue weighted by atomic mass is 10.1. The normalized spacial score (nSPS) is 13.9. The Hall–Kier alpha value is -0.810. The van der Waals surface area contributed by atoms with Crippen molar-refractivity contribution in [1.82, 2.24) is 5.32 Å². The van der Waals surface area contributed by atoms with Crippen molar-refractivity contribution in [1.29, 1.82) is 0 Å². The summed E-state index contributed by atoms with van der Waals surface area (Å²) in [6, 6.07) is 1.66. The summed E-state index contributed by atoms with van der Waals surface area (Å²) in [7, 11) is 1.22. The highest BCUT2D eigenvalue weighted by Gasteiger charge is 2.38. The Morgan fingerprint density at radius 2 is 2.00 bits per heavy atom. The molecule has 1 nitrogen and oxygen atoms in total. The number of hydrogen-bond donors (Lipinski definition) is 1. The Bertz CT molecular complexity index is 364. The molecule has 0 saturated heterocycles. The summed E-state index contributed by atoms with van der Waals surface area (Å²) >= 11 is 5.65. The van der Waals surface area contributed by atoms with Crippen LogP contribution in [0.3, 0.4) is 0 Å². The number of benzene rings is 1. The van der Waals surface area contributed by atoms with Gasteiger partial charge in [-0.1, -0.05) is 17.7 Å². The van der Waals surface area contributed by atoms with Crippen LogP contribution in [0.1, 0.15) is 5.56 Å². The lowest BCUT2D eigenvalue weighted by molar-refractivity contribution is -0.154. The number of likely N-dealkylation sites (N-methyl/N-ethyl adjacent to an activating group) is 1. The fourth-order valence-corrected chi connectivity index (χ4v) is 1.53. The summed E-state index contributed by atoms with van der Waals surface area (Å²) in [5.41, 5.74) is 0.264. The Kier molecular flexibility index (Phi) is 4.15. The molecule has 0 amide bonds. The molecule has 1 aromatic rings. The van der Waals surface area contributed by atoms with Gasteiger partial charge in [-0.05, 0) is 31.2 Å². The first kappa shape index (κ1) is 13.3. The third-order valence-electron chi connectivity index (χ3n) is 2.18. The van der Waals surface area contributed by atoms with Crippen molar-refractivity contribution in [3.05, 3.63) is 34.6 Å². The molecule has 1 unspecified atom stereocenters. The van der Waals surface area contributed by atoms with E-state index in [1.807, 2.05) is 0 Å². The molecule has 1 atom stereocenters. The zero-order valence-electron chi connectivity index (χ0n) is 8.41. The minimum absolute atomic E-state index is 0.00417. The predicted molar refractivity (Wildman–Crippen MR) is 54.0 cm³/mol. The molecule has 0 radical (unpaired) electrons. The van der Waals surface area contributed by atoms with Crippen LogP contribution >= 0.6 is 11.6 Å². The highest BCUT2D eigenvalue weighted by Crippen LogP contribution is 2.26. The maximum Gasteiger partial charge on any atom is 0.404 e. The van der Waals surface area contributed by atoms with Gasteiger partial charge in [-0.15, -0.1) is 0 Å². The summed E-state index contributed by atoms with van der Waals surface area (Å²) in [4.78, 5) is 0. The van der Waals surface area contributed by atoms with Gasteiger partial charge in [0.05, 0.1) is 0 Å². The van der Waals surface area contributed by atoms with Crippen LogP contribution in [-0.4, -0.2) is 19.3 Å². The van der Waals surface area contributed by atoms with E-state index < -0.39 is 18.0 Å². The zero-order chi connectivity index (χ0) is 12.3. The van der Waals surface area contributed by atoms with Gasteiger partial charge in [0.25, 0.3) is 0 Å². The van der Waals surface area contributed by atoms with E-state index >= 15 is 0 Å².